The Hall–Kier alpha value is -0.600. The van der Waals surface area contributed by atoms with Crippen LogP contribution in [0.4, 0.5) is 52.7 Å². The predicted molar refractivity (Wildman–Crippen MR) is 57.2 cm³/mol. The smallest absolute Gasteiger partial charge is 0.377 e. The van der Waals surface area contributed by atoms with Gasteiger partial charge in [-0.25, -0.2) is 0 Å². The SMILES string of the molecule is FC(OC(F)=C(F)C(F)(F)C(F)(F)Br)=C(F)C(F)(F)C(F)(F)Br. The van der Waals surface area contributed by atoms with Crippen molar-refractivity contribution in [1.29, 1.82) is 0 Å². The maximum absolute atomic E-state index is 12.7. The van der Waals surface area contributed by atoms with E-state index in [2.05, 4.69) is 4.74 Å². The minimum Gasteiger partial charge on any atom is -0.400 e. The lowest BCUT2D eigenvalue weighted by Gasteiger charge is -2.20. The monoisotopic (exact) mass is 498 g/mol. The van der Waals surface area contributed by atoms with Crippen LogP contribution in [-0.2, 0) is 4.74 Å². The molecule has 0 aromatic rings. The Kier molecular flexibility index (Phi) is 6.55. The molecule has 0 aliphatic heterocycles. The highest BCUT2D eigenvalue weighted by Gasteiger charge is 2.62. The maximum Gasteiger partial charge on any atom is 0.377 e. The fraction of sp³-hybridized carbons (Fsp3) is 0.500. The van der Waals surface area contributed by atoms with Gasteiger partial charge in [-0.2, -0.15) is 52.7 Å². The molecule has 0 aromatic carbocycles. The van der Waals surface area contributed by atoms with Gasteiger partial charge in [0.1, 0.15) is 0 Å². The van der Waals surface area contributed by atoms with Gasteiger partial charge in [-0.05, 0) is 31.9 Å². The number of allylic oxidation sites excluding steroid dienone is 2. The summed E-state index contributed by atoms with van der Waals surface area (Å²) in [6.07, 6.45) is 0. The van der Waals surface area contributed by atoms with Crippen molar-refractivity contribution in [1.82, 2.24) is 0 Å². The quantitative estimate of drug-likeness (QED) is 0.231. The minimum atomic E-state index is -6.00. The van der Waals surface area contributed by atoms with Crippen LogP contribution in [0.2, 0.25) is 0 Å². The molecule has 0 radical (unpaired) electrons. The third-order valence-corrected chi connectivity index (χ3v) is 2.78. The summed E-state index contributed by atoms with van der Waals surface area (Å²) in [6.45, 7) is 0. The van der Waals surface area contributed by atoms with E-state index in [1.807, 2.05) is 0 Å². The number of hydrogen-bond acceptors (Lipinski definition) is 1. The van der Waals surface area contributed by atoms with Crippen molar-refractivity contribution in [2.45, 2.75) is 21.5 Å². The van der Waals surface area contributed by atoms with Crippen molar-refractivity contribution < 1.29 is 57.4 Å². The molecule has 0 N–H and O–H groups in total. The van der Waals surface area contributed by atoms with Crippen LogP contribution in [-0.4, -0.2) is 21.5 Å². The van der Waals surface area contributed by atoms with Gasteiger partial charge in [-0.3, -0.25) is 0 Å². The molecule has 23 heavy (non-hydrogen) atoms. The van der Waals surface area contributed by atoms with Gasteiger partial charge in [0.25, 0.3) is 0 Å². The Balaban J connectivity index is 5.74. The number of ether oxygens (including phenoxy) is 1. The Bertz CT molecular complexity index is 468. The van der Waals surface area contributed by atoms with Crippen molar-refractivity contribution in [3.63, 3.8) is 0 Å². The molecule has 136 valence electrons. The first-order chi connectivity index (χ1) is 9.87. The van der Waals surface area contributed by atoms with E-state index in [1.165, 1.54) is 0 Å². The van der Waals surface area contributed by atoms with E-state index in [9.17, 15) is 52.7 Å². The van der Waals surface area contributed by atoms with Gasteiger partial charge >= 0.3 is 33.5 Å². The molecule has 0 aliphatic rings. The zero-order chi connectivity index (χ0) is 19.0. The molecule has 0 aliphatic carbocycles. The van der Waals surface area contributed by atoms with Crippen molar-refractivity contribution in [3.05, 3.63) is 23.7 Å². The second kappa shape index (κ2) is 6.72. The van der Waals surface area contributed by atoms with Crippen LogP contribution in [0.5, 0.6) is 0 Å². The van der Waals surface area contributed by atoms with Crippen LogP contribution in [0.3, 0.4) is 0 Å². The molecular weight excluding hydrogens is 500 g/mol. The van der Waals surface area contributed by atoms with Gasteiger partial charge in [0, 0.05) is 0 Å². The van der Waals surface area contributed by atoms with E-state index in [4.69, 9.17) is 0 Å². The summed E-state index contributed by atoms with van der Waals surface area (Å²) >= 11 is 1.87. The molecule has 0 fully saturated rings. The summed E-state index contributed by atoms with van der Waals surface area (Å²) in [4.78, 5) is -10.9. The molecular formula is C8Br2F12O. The summed E-state index contributed by atoms with van der Waals surface area (Å²) in [5.41, 5.74) is 0. The largest absolute Gasteiger partial charge is 0.400 e. The van der Waals surface area contributed by atoms with E-state index in [1.54, 1.807) is 0 Å². The number of hydrogen-bond donors (Lipinski definition) is 0. The molecule has 0 saturated carbocycles. The summed E-state index contributed by atoms with van der Waals surface area (Å²) in [6, 6.07) is -7.20. The normalized spacial score (nSPS) is 16.8. The number of alkyl halides is 10. The third kappa shape index (κ3) is 4.70. The lowest BCUT2D eigenvalue weighted by Crippen LogP contribution is -2.37. The molecule has 0 aromatic heterocycles. The second-order valence-corrected chi connectivity index (χ2v) is 5.41. The average molecular weight is 500 g/mol. The summed E-state index contributed by atoms with van der Waals surface area (Å²) in [7, 11) is 0. The molecule has 15 heteroatoms. The first kappa shape index (κ1) is 22.4. The summed E-state index contributed by atoms with van der Waals surface area (Å²) < 4.78 is 153. The molecule has 0 saturated heterocycles. The van der Waals surface area contributed by atoms with Crippen molar-refractivity contribution in [2.24, 2.45) is 0 Å². The summed E-state index contributed by atoms with van der Waals surface area (Å²) in [5, 5.41) is 0. The third-order valence-electron chi connectivity index (χ3n) is 1.79. The topological polar surface area (TPSA) is 9.23 Å². The predicted octanol–water partition coefficient (Wildman–Crippen LogP) is 6.47. The Morgan fingerprint density at radius 1 is 0.565 bits per heavy atom. The van der Waals surface area contributed by atoms with Gasteiger partial charge in [0.15, 0.2) is 0 Å². The number of rotatable bonds is 6. The summed E-state index contributed by atoms with van der Waals surface area (Å²) in [5.74, 6) is -19.7. The second-order valence-electron chi connectivity index (χ2n) is 3.42. The van der Waals surface area contributed by atoms with Crippen molar-refractivity contribution in [3.8, 4) is 0 Å². The van der Waals surface area contributed by atoms with E-state index in [0.29, 0.717) is 0 Å². The van der Waals surface area contributed by atoms with Crippen LogP contribution >= 0.6 is 31.9 Å². The lowest BCUT2D eigenvalue weighted by atomic mass is 10.3. The molecule has 0 heterocycles. The molecule has 0 amide bonds. The highest BCUT2D eigenvalue weighted by molar-refractivity contribution is 9.10. The number of halogens is 14. The molecule has 0 unspecified atom stereocenters. The first-order valence-electron chi connectivity index (χ1n) is 4.55. The van der Waals surface area contributed by atoms with Gasteiger partial charge < -0.3 is 4.74 Å². The van der Waals surface area contributed by atoms with E-state index in [-0.39, 0.29) is 0 Å². The van der Waals surface area contributed by atoms with E-state index >= 15 is 0 Å². The molecule has 1 nitrogen and oxygen atoms in total. The van der Waals surface area contributed by atoms with Crippen LogP contribution in [0, 0.1) is 0 Å². The fourth-order valence-corrected chi connectivity index (χ4v) is 1.01. The van der Waals surface area contributed by atoms with Crippen LogP contribution in [0.25, 0.3) is 0 Å². The highest BCUT2D eigenvalue weighted by atomic mass is 79.9. The Morgan fingerprint density at radius 2 is 0.783 bits per heavy atom. The van der Waals surface area contributed by atoms with Crippen LogP contribution < -0.4 is 0 Å². The van der Waals surface area contributed by atoms with E-state index < -0.39 is 45.2 Å². The van der Waals surface area contributed by atoms with Crippen molar-refractivity contribution >= 4 is 31.9 Å². The lowest BCUT2D eigenvalue weighted by molar-refractivity contribution is -0.140. The average Bonchev–Trinajstić information content (AvgIpc) is 2.33. The van der Waals surface area contributed by atoms with Crippen LogP contribution in [0.1, 0.15) is 0 Å². The van der Waals surface area contributed by atoms with Gasteiger partial charge in [0.2, 0.25) is 11.7 Å². The van der Waals surface area contributed by atoms with E-state index in [0.717, 1.165) is 31.9 Å². The zero-order valence-electron chi connectivity index (χ0n) is 9.70. The van der Waals surface area contributed by atoms with Gasteiger partial charge in [-0.15, -0.1) is 0 Å². The molecule has 0 spiro atoms. The minimum absolute atomic E-state index is 0.937. The zero-order valence-corrected chi connectivity index (χ0v) is 12.9. The Labute approximate surface area is 135 Å². The molecule has 0 bridgehead atoms. The fourth-order valence-electron chi connectivity index (χ4n) is 0.664. The van der Waals surface area contributed by atoms with Crippen molar-refractivity contribution in [2.75, 3.05) is 0 Å². The molecule has 0 atom stereocenters. The highest BCUT2D eigenvalue weighted by Crippen LogP contribution is 2.48. The van der Waals surface area contributed by atoms with Gasteiger partial charge in [-0.1, -0.05) is 0 Å². The van der Waals surface area contributed by atoms with Gasteiger partial charge in [0.05, 0.1) is 0 Å². The molecule has 0 rings (SSSR count). The van der Waals surface area contributed by atoms with Crippen LogP contribution in [0.15, 0.2) is 23.7 Å². The maximum atomic E-state index is 12.7. The Morgan fingerprint density at radius 3 is 0.957 bits per heavy atom. The first-order valence-corrected chi connectivity index (χ1v) is 6.14. The standard InChI is InChI=1S/C8Br2F12O/c9-7(19,20)5(15,16)1(11)3(13)23-4(14)2(12)6(17,18)8(10,21)22.